The van der Waals surface area contributed by atoms with Crippen LogP contribution in [0, 0.1) is 18.3 Å². The summed E-state index contributed by atoms with van der Waals surface area (Å²) in [6, 6.07) is 9.82. The van der Waals surface area contributed by atoms with Crippen LogP contribution in [0.4, 0.5) is 5.69 Å². The highest BCUT2D eigenvalue weighted by atomic mass is 16.1. The Bertz CT molecular complexity index is 1020. The number of hydrogen-bond acceptors (Lipinski definition) is 3. The number of nitrogens with zero attached hydrogens (tertiary/aromatic N) is 2. The van der Waals surface area contributed by atoms with Crippen LogP contribution in [0.5, 0.6) is 0 Å². The van der Waals surface area contributed by atoms with Gasteiger partial charge in [0.05, 0.1) is 11.2 Å². The zero-order valence-corrected chi connectivity index (χ0v) is 14.3. The van der Waals surface area contributed by atoms with E-state index in [9.17, 15) is 10.1 Å². The standard InChI is InChI=1S/C20H18N4O/c1-12(2)16(10-21)20(25)24-18-9-13(3)8-15-17(11-23-19(15)18)14-4-6-22-7-5-14/h4-9,11,23H,1-3H3,(H,24,25). The zero-order valence-electron chi connectivity index (χ0n) is 14.3. The lowest BCUT2D eigenvalue weighted by molar-refractivity contribution is -0.112. The molecule has 2 N–H and O–H groups in total. The first kappa shape index (κ1) is 16.5. The lowest BCUT2D eigenvalue weighted by atomic mass is 10.0. The summed E-state index contributed by atoms with van der Waals surface area (Å²) < 4.78 is 0. The number of aromatic amines is 1. The fourth-order valence-corrected chi connectivity index (χ4v) is 2.82. The van der Waals surface area contributed by atoms with Crippen LogP contribution in [0.3, 0.4) is 0 Å². The predicted molar refractivity (Wildman–Crippen MR) is 98.9 cm³/mol. The van der Waals surface area contributed by atoms with Gasteiger partial charge in [0.2, 0.25) is 0 Å². The summed E-state index contributed by atoms with van der Waals surface area (Å²) in [5.74, 6) is -0.394. The number of fused-ring (bicyclic) bond motifs is 1. The third-order valence-electron chi connectivity index (χ3n) is 4.01. The van der Waals surface area contributed by atoms with Crippen molar-refractivity contribution in [2.75, 3.05) is 5.32 Å². The summed E-state index contributed by atoms with van der Waals surface area (Å²) in [5, 5.41) is 13.1. The van der Waals surface area contributed by atoms with Crippen LogP contribution >= 0.6 is 0 Å². The van der Waals surface area contributed by atoms with Crippen molar-refractivity contribution >= 4 is 22.5 Å². The Balaban J connectivity index is 2.09. The average Bonchev–Trinajstić information content (AvgIpc) is 2.99. The molecule has 2 aromatic heterocycles. The molecule has 0 saturated carbocycles. The van der Waals surface area contributed by atoms with E-state index < -0.39 is 5.91 Å². The molecule has 0 radical (unpaired) electrons. The SMILES string of the molecule is CC(C)=C(C#N)C(=O)Nc1cc(C)cc2c(-c3ccncc3)c[nH]c12. The molecule has 1 aromatic carbocycles. The fraction of sp³-hybridized carbons (Fsp3) is 0.150. The molecule has 0 saturated heterocycles. The highest BCUT2D eigenvalue weighted by Gasteiger charge is 2.15. The summed E-state index contributed by atoms with van der Waals surface area (Å²) >= 11 is 0. The molecule has 5 heteroatoms. The Labute approximate surface area is 146 Å². The summed E-state index contributed by atoms with van der Waals surface area (Å²) in [7, 11) is 0. The molecule has 0 unspecified atom stereocenters. The third-order valence-corrected chi connectivity index (χ3v) is 4.01. The molecule has 0 aliphatic rings. The topological polar surface area (TPSA) is 81.6 Å². The van der Waals surface area contributed by atoms with Gasteiger partial charge in [0.15, 0.2) is 0 Å². The molecule has 0 spiro atoms. The number of allylic oxidation sites excluding steroid dienone is 1. The van der Waals surface area contributed by atoms with Crippen LogP contribution in [-0.2, 0) is 4.79 Å². The Kier molecular flexibility index (Phi) is 4.36. The minimum atomic E-state index is -0.394. The molecule has 2 heterocycles. The molecule has 3 rings (SSSR count). The van der Waals surface area contributed by atoms with E-state index in [1.54, 1.807) is 26.2 Å². The number of anilines is 1. The van der Waals surface area contributed by atoms with Crippen LogP contribution in [0.2, 0.25) is 0 Å². The lowest BCUT2D eigenvalue weighted by Gasteiger charge is -2.09. The van der Waals surface area contributed by atoms with Gasteiger partial charge >= 0.3 is 0 Å². The van der Waals surface area contributed by atoms with Crippen LogP contribution in [0.15, 0.2) is 54.0 Å². The molecule has 0 aliphatic heterocycles. The van der Waals surface area contributed by atoms with E-state index >= 15 is 0 Å². The maximum absolute atomic E-state index is 12.4. The zero-order chi connectivity index (χ0) is 18.0. The van der Waals surface area contributed by atoms with Crippen molar-refractivity contribution < 1.29 is 4.79 Å². The Morgan fingerprint density at radius 2 is 1.96 bits per heavy atom. The highest BCUT2D eigenvalue weighted by Crippen LogP contribution is 2.33. The number of rotatable bonds is 3. The molecule has 0 bridgehead atoms. The molecule has 0 aliphatic carbocycles. The number of aromatic nitrogens is 2. The first-order chi connectivity index (χ1) is 12.0. The number of carbonyl (C=O) groups excluding carboxylic acids is 1. The van der Waals surface area contributed by atoms with Crippen molar-refractivity contribution in [1.29, 1.82) is 5.26 Å². The number of nitriles is 1. The van der Waals surface area contributed by atoms with Crippen LogP contribution in [-0.4, -0.2) is 15.9 Å². The van der Waals surface area contributed by atoms with Gasteiger partial charge in [-0.3, -0.25) is 9.78 Å². The van der Waals surface area contributed by atoms with Gasteiger partial charge < -0.3 is 10.3 Å². The summed E-state index contributed by atoms with van der Waals surface area (Å²) in [4.78, 5) is 19.7. The second kappa shape index (κ2) is 6.62. The molecular weight excluding hydrogens is 312 g/mol. The fourth-order valence-electron chi connectivity index (χ4n) is 2.82. The van der Waals surface area contributed by atoms with Gasteiger partial charge in [-0.05, 0) is 56.2 Å². The summed E-state index contributed by atoms with van der Waals surface area (Å²) in [5.41, 5.74) is 5.42. The third kappa shape index (κ3) is 3.15. The maximum Gasteiger partial charge on any atom is 0.266 e. The van der Waals surface area contributed by atoms with E-state index in [0.717, 1.165) is 27.6 Å². The van der Waals surface area contributed by atoms with E-state index in [0.29, 0.717) is 11.3 Å². The Morgan fingerprint density at radius 1 is 1.24 bits per heavy atom. The van der Waals surface area contributed by atoms with E-state index in [-0.39, 0.29) is 5.57 Å². The van der Waals surface area contributed by atoms with Crippen LogP contribution in [0.1, 0.15) is 19.4 Å². The van der Waals surface area contributed by atoms with Crippen molar-refractivity contribution in [3.05, 3.63) is 59.6 Å². The number of amides is 1. The average molecular weight is 330 g/mol. The second-order valence-electron chi connectivity index (χ2n) is 6.11. The number of benzene rings is 1. The van der Waals surface area contributed by atoms with Gasteiger partial charge in [0.1, 0.15) is 11.6 Å². The number of nitrogens with one attached hydrogen (secondary N) is 2. The first-order valence-corrected chi connectivity index (χ1v) is 7.92. The molecule has 124 valence electrons. The quantitative estimate of drug-likeness (QED) is 0.554. The van der Waals surface area contributed by atoms with Gasteiger partial charge in [-0.2, -0.15) is 5.26 Å². The van der Waals surface area contributed by atoms with E-state index in [1.165, 1.54) is 0 Å². The molecule has 25 heavy (non-hydrogen) atoms. The minimum absolute atomic E-state index is 0.135. The van der Waals surface area contributed by atoms with Gasteiger partial charge in [-0.1, -0.05) is 5.57 Å². The minimum Gasteiger partial charge on any atom is -0.359 e. The van der Waals surface area contributed by atoms with Crippen LogP contribution < -0.4 is 5.32 Å². The second-order valence-corrected chi connectivity index (χ2v) is 6.11. The van der Waals surface area contributed by atoms with Crippen molar-refractivity contribution in [3.63, 3.8) is 0 Å². The van der Waals surface area contributed by atoms with Gasteiger partial charge in [0.25, 0.3) is 5.91 Å². The normalized spacial score (nSPS) is 10.3. The van der Waals surface area contributed by atoms with Crippen molar-refractivity contribution in [2.45, 2.75) is 20.8 Å². The molecular formula is C20H18N4O. The van der Waals surface area contributed by atoms with Crippen molar-refractivity contribution in [3.8, 4) is 17.2 Å². The van der Waals surface area contributed by atoms with Gasteiger partial charge in [-0.25, -0.2) is 0 Å². The molecule has 0 atom stereocenters. The van der Waals surface area contributed by atoms with E-state index in [4.69, 9.17) is 0 Å². The maximum atomic E-state index is 12.4. The molecule has 5 nitrogen and oxygen atoms in total. The number of carbonyl (C=O) groups is 1. The number of aryl methyl sites for hydroxylation is 1. The number of H-pyrrole nitrogens is 1. The molecule has 0 fully saturated rings. The first-order valence-electron chi connectivity index (χ1n) is 7.92. The largest absolute Gasteiger partial charge is 0.359 e. The summed E-state index contributed by atoms with van der Waals surface area (Å²) in [6.45, 7) is 5.48. The molecule has 1 amide bonds. The van der Waals surface area contributed by atoms with Crippen molar-refractivity contribution in [1.82, 2.24) is 9.97 Å². The Morgan fingerprint density at radius 3 is 2.60 bits per heavy atom. The lowest BCUT2D eigenvalue weighted by Crippen LogP contribution is -2.15. The summed E-state index contributed by atoms with van der Waals surface area (Å²) in [6.07, 6.45) is 5.42. The predicted octanol–water partition coefficient (Wildman–Crippen LogP) is 4.34. The monoisotopic (exact) mass is 330 g/mol. The van der Waals surface area contributed by atoms with Crippen molar-refractivity contribution in [2.24, 2.45) is 0 Å². The van der Waals surface area contributed by atoms with Crippen LogP contribution in [0.25, 0.3) is 22.0 Å². The van der Waals surface area contributed by atoms with E-state index in [1.807, 2.05) is 37.4 Å². The Hall–Kier alpha value is -3.39. The number of hydrogen-bond donors (Lipinski definition) is 2. The van der Waals surface area contributed by atoms with Gasteiger partial charge in [0, 0.05) is 29.5 Å². The van der Waals surface area contributed by atoms with E-state index in [2.05, 4.69) is 21.4 Å². The smallest absolute Gasteiger partial charge is 0.266 e. The van der Waals surface area contributed by atoms with Gasteiger partial charge in [-0.15, -0.1) is 0 Å². The molecule has 3 aromatic rings. The number of pyridine rings is 1. The highest BCUT2D eigenvalue weighted by molar-refractivity contribution is 6.12.